The van der Waals surface area contributed by atoms with Gasteiger partial charge in [-0.1, -0.05) is 11.6 Å². The molecule has 2 aromatic heterocycles. The summed E-state index contributed by atoms with van der Waals surface area (Å²) in [4.78, 5) is 14.5. The minimum absolute atomic E-state index is 0.000753. The van der Waals surface area contributed by atoms with Crippen LogP contribution in [0, 0.1) is 11.3 Å². The summed E-state index contributed by atoms with van der Waals surface area (Å²) in [7, 11) is 0. The van der Waals surface area contributed by atoms with Gasteiger partial charge in [-0.3, -0.25) is 9.48 Å². The predicted molar refractivity (Wildman–Crippen MR) is 71.2 cm³/mol. The molecule has 0 radical (unpaired) electrons. The van der Waals surface area contributed by atoms with Crippen molar-refractivity contribution >= 4 is 28.8 Å². The van der Waals surface area contributed by atoms with Gasteiger partial charge in [0.15, 0.2) is 0 Å². The first kappa shape index (κ1) is 12.2. The van der Waals surface area contributed by atoms with E-state index in [1.54, 1.807) is 27.9 Å². The fourth-order valence-electron chi connectivity index (χ4n) is 1.97. The number of rotatable bonds is 2. The highest BCUT2D eigenvalue weighted by Gasteiger charge is 2.33. The van der Waals surface area contributed by atoms with Gasteiger partial charge in [-0.05, 0) is 12.1 Å². The van der Waals surface area contributed by atoms with E-state index in [-0.39, 0.29) is 11.9 Å². The molecule has 0 aliphatic carbocycles. The van der Waals surface area contributed by atoms with Gasteiger partial charge in [0.2, 0.25) is 0 Å². The zero-order chi connectivity index (χ0) is 13.4. The van der Waals surface area contributed by atoms with Gasteiger partial charge in [0.05, 0.1) is 27.0 Å². The van der Waals surface area contributed by atoms with E-state index < -0.39 is 0 Å². The monoisotopic (exact) mass is 292 g/mol. The van der Waals surface area contributed by atoms with Gasteiger partial charge in [0, 0.05) is 19.3 Å². The number of thiophene rings is 1. The van der Waals surface area contributed by atoms with Crippen molar-refractivity contribution in [1.82, 2.24) is 14.7 Å². The van der Waals surface area contributed by atoms with Crippen molar-refractivity contribution in [2.45, 2.75) is 6.04 Å². The lowest BCUT2D eigenvalue weighted by Crippen LogP contribution is -2.50. The molecule has 0 N–H and O–H groups in total. The fraction of sp³-hybridized carbons (Fsp3) is 0.250. The molecule has 0 bridgehead atoms. The molecular formula is C12H9ClN4OS. The topological polar surface area (TPSA) is 61.9 Å². The van der Waals surface area contributed by atoms with Gasteiger partial charge >= 0.3 is 0 Å². The Morgan fingerprint density at radius 3 is 2.89 bits per heavy atom. The molecule has 1 saturated heterocycles. The van der Waals surface area contributed by atoms with Crippen LogP contribution in [0.2, 0.25) is 4.34 Å². The van der Waals surface area contributed by atoms with E-state index in [4.69, 9.17) is 16.9 Å². The molecule has 3 rings (SSSR count). The Labute approximate surface area is 118 Å². The molecule has 1 aliphatic rings. The van der Waals surface area contributed by atoms with Crippen LogP contribution in [0.1, 0.15) is 21.3 Å². The second-order valence-electron chi connectivity index (χ2n) is 4.29. The summed E-state index contributed by atoms with van der Waals surface area (Å²) in [6.45, 7) is 1.22. The summed E-state index contributed by atoms with van der Waals surface area (Å²) in [6.07, 6.45) is 3.23. The fourth-order valence-corrected chi connectivity index (χ4v) is 2.98. The van der Waals surface area contributed by atoms with Gasteiger partial charge in [-0.15, -0.1) is 11.3 Å². The second kappa shape index (κ2) is 4.68. The third-order valence-corrected chi connectivity index (χ3v) is 4.26. The first-order chi connectivity index (χ1) is 9.17. The molecule has 0 unspecified atom stereocenters. The van der Waals surface area contributed by atoms with Gasteiger partial charge in [0.25, 0.3) is 5.91 Å². The summed E-state index contributed by atoms with van der Waals surface area (Å²) >= 11 is 7.10. The van der Waals surface area contributed by atoms with Crippen molar-refractivity contribution in [3.63, 3.8) is 0 Å². The van der Waals surface area contributed by atoms with Gasteiger partial charge in [-0.25, -0.2) is 0 Å². The number of carbonyl (C=O) groups excluding carboxylic acids is 1. The van der Waals surface area contributed by atoms with E-state index >= 15 is 0 Å². The molecule has 1 fully saturated rings. The summed E-state index contributed by atoms with van der Waals surface area (Å²) in [5.74, 6) is 0.000753. The molecule has 1 amide bonds. The molecule has 1 aliphatic heterocycles. The molecule has 19 heavy (non-hydrogen) atoms. The minimum atomic E-state index is 0.000753. The van der Waals surface area contributed by atoms with Gasteiger partial charge < -0.3 is 4.90 Å². The molecular weight excluding hydrogens is 284 g/mol. The first-order valence-corrected chi connectivity index (χ1v) is 6.85. The van der Waals surface area contributed by atoms with E-state index in [0.29, 0.717) is 27.9 Å². The predicted octanol–water partition coefficient (Wildman–Crippen LogP) is 2.17. The quantitative estimate of drug-likeness (QED) is 0.852. The summed E-state index contributed by atoms with van der Waals surface area (Å²) in [5, 5.41) is 12.9. The molecule has 96 valence electrons. The van der Waals surface area contributed by atoms with Crippen molar-refractivity contribution in [2.75, 3.05) is 13.1 Å². The number of nitriles is 1. The normalized spacial score (nSPS) is 15.1. The smallest absolute Gasteiger partial charge is 0.264 e. The molecule has 0 atom stereocenters. The van der Waals surface area contributed by atoms with Crippen molar-refractivity contribution in [3.05, 3.63) is 39.3 Å². The maximum atomic E-state index is 12.1. The Hall–Kier alpha value is -1.84. The number of halogens is 1. The first-order valence-electron chi connectivity index (χ1n) is 5.66. The molecule has 0 spiro atoms. The SMILES string of the molecule is N#Cc1cnn(C2CN(C(=O)c3ccc(Cl)s3)C2)c1. The summed E-state index contributed by atoms with van der Waals surface area (Å²) in [6, 6.07) is 5.66. The standard InChI is InChI=1S/C12H9ClN4OS/c13-11-2-1-10(19-11)12(18)16-6-9(7-16)17-5-8(3-14)4-15-17/h1-2,4-5,9H,6-7H2. The molecule has 3 heterocycles. The highest BCUT2D eigenvalue weighted by Crippen LogP contribution is 2.27. The van der Waals surface area contributed by atoms with Gasteiger partial charge in [0.1, 0.15) is 6.07 Å². The zero-order valence-electron chi connectivity index (χ0n) is 9.78. The van der Waals surface area contributed by atoms with E-state index in [2.05, 4.69) is 5.10 Å². The Morgan fingerprint density at radius 2 is 2.32 bits per heavy atom. The number of hydrogen-bond donors (Lipinski definition) is 0. The lowest BCUT2D eigenvalue weighted by molar-refractivity contribution is 0.0506. The Morgan fingerprint density at radius 1 is 1.53 bits per heavy atom. The summed E-state index contributed by atoms with van der Waals surface area (Å²) in [5.41, 5.74) is 0.537. The number of amides is 1. The number of nitrogens with zero attached hydrogens (tertiary/aromatic N) is 4. The minimum Gasteiger partial charge on any atom is -0.334 e. The molecule has 7 heteroatoms. The number of likely N-dealkylation sites (tertiary alicyclic amines) is 1. The van der Waals surface area contributed by atoms with E-state index in [1.807, 2.05) is 6.07 Å². The van der Waals surface area contributed by atoms with Crippen LogP contribution in [0.4, 0.5) is 0 Å². The molecule has 2 aromatic rings. The highest BCUT2D eigenvalue weighted by molar-refractivity contribution is 7.17. The largest absolute Gasteiger partial charge is 0.334 e. The van der Waals surface area contributed by atoms with Crippen molar-refractivity contribution in [2.24, 2.45) is 0 Å². The number of aromatic nitrogens is 2. The van der Waals surface area contributed by atoms with Crippen LogP contribution < -0.4 is 0 Å². The third-order valence-electron chi connectivity index (χ3n) is 3.04. The maximum absolute atomic E-state index is 12.1. The van der Waals surface area contributed by atoms with Crippen molar-refractivity contribution in [1.29, 1.82) is 5.26 Å². The summed E-state index contributed by atoms with van der Waals surface area (Å²) < 4.78 is 2.36. The van der Waals surface area contributed by atoms with Crippen LogP contribution >= 0.6 is 22.9 Å². The maximum Gasteiger partial charge on any atom is 0.264 e. The van der Waals surface area contributed by atoms with Crippen molar-refractivity contribution < 1.29 is 4.79 Å². The Bertz CT molecular complexity index is 665. The number of hydrogen-bond acceptors (Lipinski definition) is 4. The Balaban J connectivity index is 1.64. The molecule has 0 saturated carbocycles. The molecule has 5 nitrogen and oxygen atoms in total. The van der Waals surface area contributed by atoms with Crippen LogP contribution in [-0.4, -0.2) is 33.7 Å². The van der Waals surface area contributed by atoms with Crippen LogP contribution in [0.5, 0.6) is 0 Å². The van der Waals surface area contributed by atoms with Crippen LogP contribution in [0.15, 0.2) is 24.5 Å². The average Bonchev–Trinajstić information content (AvgIpc) is 2.96. The second-order valence-corrected chi connectivity index (χ2v) is 6.00. The third kappa shape index (κ3) is 2.23. The Kier molecular flexibility index (Phi) is 3.01. The van der Waals surface area contributed by atoms with Crippen molar-refractivity contribution in [3.8, 4) is 6.07 Å². The zero-order valence-corrected chi connectivity index (χ0v) is 11.4. The van der Waals surface area contributed by atoms with Crippen LogP contribution in [0.25, 0.3) is 0 Å². The number of carbonyl (C=O) groups is 1. The van der Waals surface area contributed by atoms with Gasteiger partial charge in [-0.2, -0.15) is 10.4 Å². The van der Waals surface area contributed by atoms with Crippen LogP contribution in [-0.2, 0) is 0 Å². The lowest BCUT2D eigenvalue weighted by atomic mass is 10.1. The van der Waals surface area contributed by atoms with Crippen LogP contribution in [0.3, 0.4) is 0 Å². The molecule has 0 aromatic carbocycles. The van der Waals surface area contributed by atoms with E-state index in [1.165, 1.54) is 17.5 Å². The van der Waals surface area contributed by atoms with E-state index in [9.17, 15) is 4.79 Å². The highest BCUT2D eigenvalue weighted by atomic mass is 35.5. The average molecular weight is 293 g/mol. The lowest BCUT2D eigenvalue weighted by Gasteiger charge is -2.38. The van der Waals surface area contributed by atoms with E-state index in [0.717, 1.165) is 0 Å².